The highest BCUT2D eigenvalue weighted by Crippen LogP contribution is 2.11. The van der Waals surface area contributed by atoms with E-state index in [1.165, 1.54) is 9.80 Å². The molecule has 90 valence electrons. The van der Waals surface area contributed by atoms with Gasteiger partial charge in [-0.05, 0) is 43.6 Å². The molecule has 0 bridgehead atoms. The van der Waals surface area contributed by atoms with Gasteiger partial charge in [0.25, 0.3) is 0 Å². The molecule has 0 saturated carbocycles. The first-order valence-corrected chi connectivity index (χ1v) is 5.84. The third-order valence-corrected chi connectivity index (χ3v) is 2.10. The molecule has 0 aliphatic heterocycles. The lowest BCUT2D eigenvalue weighted by Crippen LogP contribution is -2.44. The Morgan fingerprint density at radius 1 is 1.62 bits per heavy atom. The van der Waals surface area contributed by atoms with E-state index < -0.39 is 11.7 Å². The fourth-order valence-corrected chi connectivity index (χ4v) is 1.37. The van der Waals surface area contributed by atoms with Crippen LogP contribution in [0.3, 0.4) is 0 Å². The van der Waals surface area contributed by atoms with Crippen molar-refractivity contribution < 1.29 is 9.53 Å². The van der Waals surface area contributed by atoms with Crippen LogP contribution in [0.1, 0.15) is 27.7 Å². The smallest absolute Gasteiger partial charge is 0.430 e. The van der Waals surface area contributed by atoms with E-state index in [-0.39, 0.29) is 0 Å². The summed E-state index contributed by atoms with van der Waals surface area (Å²) in [5.74, 6) is 0. The van der Waals surface area contributed by atoms with Gasteiger partial charge in [0.1, 0.15) is 5.60 Å². The van der Waals surface area contributed by atoms with Crippen molar-refractivity contribution in [2.45, 2.75) is 33.3 Å². The minimum atomic E-state index is -0.505. The molecule has 0 aliphatic carbocycles. The van der Waals surface area contributed by atoms with Crippen LogP contribution in [0, 0.1) is 0 Å². The van der Waals surface area contributed by atoms with Crippen molar-refractivity contribution in [2.24, 2.45) is 0 Å². The minimum Gasteiger partial charge on any atom is -0.442 e. The lowest BCUT2D eigenvalue weighted by atomic mass is 10.2. The maximum Gasteiger partial charge on any atom is 0.430 e. The van der Waals surface area contributed by atoms with Gasteiger partial charge < -0.3 is 4.74 Å². The molecule has 1 rings (SSSR count). The zero-order valence-corrected chi connectivity index (χ0v) is 11.5. The number of nitrogens with zero attached hydrogens (tertiary/aromatic N) is 3. The van der Waals surface area contributed by atoms with Crippen molar-refractivity contribution in [3.05, 3.63) is 16.9 Å². The minimum absolute atomic E-state index is 0.411. The molecular formula is C10H16BrN3O2. The Hall–Kier alpha value is -1.04. The van der Waals surface area contributed by atoms with Crippen LogP contribution < -0.4 is 5.01 Å². The molecular weight excluding hydrogens is 274 g/mol. The SMILES string of the molecule is CCN(C(=O)OC(C)(C)C)n1cc(Br)cn1. The van der Waals surface area contributed by atoms with E-state index in [9.17, 15) is 4.79 Å². The molecule has 0 saturated heterocycles. The Bertz CT molecular complexity index is 370. The topological polar surface area (TPSA) is 47.4 Å². The molecule has 0 fully saturated rings. The number of hydrogen-bond acceptors (Lipinski definition) is 3. The van der Waals surface area contributed by atoms with Crippen LogP contribution in [0.4, 0.5) is 4.79 Å². The molecule has 0 atom stereocenters. The number of ether oxygens (including phenoxy) is 1. The zero-order chi connectivity index (χ0) is 12.3. The van der Waals surface area contributed by atoms with Crippen molar-refractivity contribution >= 4 is 22.0 Å². The van der Waals surface area contributed by atoms with Crippen molar-refractivity contribution in [1.29, 1.82) is 0 Å². The van der Waals surface area contributed by atoms with Gasteiger partial charge in [-0.25, -0.2) is 4.79 Å². The summed E-state index contributed by atoms with van der Waals surface area (Å²) in [6, 6.07) is 0. The fraction of sp³-hybridized carbons (Fsp3) is 0.600. The quantitative estimate of drug-likeness (QED) is 0.841. The Labute approximate surface area is 103 Å². The molecule has 0 unspecified atom stereocenters. The summed E-state index contributed by atoms with van der Waals surface area (Å²) in [6.45, 7) is 7.84. The van der Waals surface area contributed by atoms with Crippen LogP contribution in [0.2, 0.25) is 0 Å². The van der Waals surface area contributed by atoms with Gasteiger partial charge in [-0.3, -0.25) is 0 Å². The Morgan fingerprint density at radius 3 is 2.62 bits per heavy atom. The molecule has 0 aromatic carbocycles. The lowest BCUT2D eigenvalue weighted by molar-refractivity contribution is 0.0534. The molecule has 0 N–H and O–H groups in total. The summed E-state index contributed by atoms with van der Waals surface area (Å²) in [7, 11) is 0. The summed E-state index contributed by atoms with van der Waals surface area (Å²) in [4.78, 5) is 13.3. The summed E-state index contributed by atoms with van der Waals surface area (Å²) in [6.07, 6.45) is 2.91. The number of halogens is 1. The molecule has 16 heavy (non-hydrogen) atoms. The van der Waals surface area contributed by atoms with Crippen molar-refractivity contribution in [3.63, 3.8) is 0 Å². The van der Waals surface area contributed by atoms with Crippen LogP contribution in [-0.4, -0.2) is 28.1 Å². The Balaban J connectivity index is 2.79. The highest BCUT2D eigenvalue weighted by molar-refractivity contribution is 9.10. The normalized spacial score (nSPS) is 11.3. The molecule has 1 aromatic rings. The van der Waals surface area contributed by atoms with Crippen molar-refractivity contribution in [3.8, 4) is 0 Å². The van der Waals surface area contributed by atoms with Gasteiger partial charge in [0.15, 0.2) is 0 Å². The Kier molecular flexibility index (Phi) is 3.96. The number of carbonyl (C=O) groups excluding carboxylic acids is 1. The van der Waals surface area contributed by atoms with E-state index in [0.29, 0.717) is 6.54 Å². The average Bonchev–Trinajstić information content (AvgIpc) is 2.49. The predicted octanol–water partition coefficient (Wildman–Crippen LogP) is 2.54. The number of carbonyl (C=O) groups is 1. The number of aromatic nitrogens is 2. The molecule has 0 aliphatic rings. The van der Waals surface area contributed by atoms with E-state index in [4.69, 9.17) is 4.74 Å². The van der Waals surface area contributed by atoms with E-state index in [1.54, 1.807) is 12.4 Å². The zero-order valence-electron chi connectivity index (χ0n) is 9.90. The van der Waals surface area contributed by atoms with Crippen molar-refractivity contribution in [1.82, 2.24) is 9.89 Å². The van der Waals surface area contributed by atoms with Crippen LogP contribution in [0.5, 0.6) is 0 Å². The van der Waals surface area contributed by atoms with Crippen molar-refractivity contribution in [2.75, 3.05) is 11.6 Å². The van der Waals surface area contributed by atoms with E-state index in [2.05, 4.69) is 21.0 Å². The molecule has 1 amide bonds. The molecule has 0 radical (unpaired) electrons. The third-order valence-electron chi connectivity index (χ3n) is 1.69. The second kappa shape index (κ2) is 4.86. The van der Waals surface area contributed by atoms with Gasteiger partial charge in [0.05, 0.1) is 16.9 Å². The monoisotopic (exact) mass is 289 g/mol. The van der Waals surface area contributed by atoms with E-state index in [1.807, 2.05) is 27.7 Å². The van der Waals surface area contributed by atoms with Gasteiger partial charge in [-0.2, -0.15) is 14.9 Å². The summed E-state index contributed by atoms with van der Waals surface area (Å²) in [5, 5.41) is 5.45. The first-order valence-electron chi connectivity index (χ1n) is 5.04. The Morgan fingerprint density at radius 2 is 2.25 bits per heavy atom. The second-order valence-electron chi connectivity index (χ2n) is 4.28. The highest BCUT2D eigenvalue weighted by Gasteiger charge is 2.22. The predicted molar refractivity (Wildman–Crippen MR) is 64.9 cm³/mol. The second-order valence-corrected chi connectivity index (χ2v) is 5.19. The van der Waals surface area contributed by atoms with Gasteiger partial charge >= 0.3 is 6.09 Å². The fourth-order valence-electron chi connectivity index (χ4n) is 1.10. The maximum absolute atomic E-state index is 11.8. The standard InChI is InChI=1S/C10H16BrN3O2/c1-5-13(9(15)16-10(2,3)4)14-7-8(11)6-12-14/h6-7H,5H2,1-4H3. The first-order chi connectivity index (χ1) is 7.33. The van der Waals surface area contributed by atoms with Gasteiger partial charge in [-0.1, -0.05) is 0 Å². The molecule has 1 aromatic heterocycles. The summed E-state index contributed by atoms with van der Waals surface area (Å²) in [5.41, 5.74) is -0.505. The number of hydrogen-bond donors (Lipinski definition) is 0. The maximum atomic E-state index is 11.8. The molecule has 0 spiro atoms. The average molecular weight is 290 g/mol. The van der Waals surface area contributed by atoms with Gasteiger partial charge in [0.2, 0.25) is 0 Å². The molecule has 1 heterocycles. The van der Waals surface area contributed by atoms with Crippen LogP contribution in [0.15, 0.2) is 16.9 Å². The van der Waals surface area contributed by atoms with Crippen LogP contribution >= 0.6 is 15.9 Å². The lowest BCUT2D eigenvalue weighted by Gasteiger charge is -2.26. The third kappa shape index (κ3) is 3.52. The number of rotatable bonds is 2. The largest absolute Gasteiger partial charge is 0.442 e. The van der Waals surface area contributed by atoms with Crippen LogP contribution in [-0.2, 0) is 4.74 Å². The molecule has 5 nitrogen and oxygen atoms in total. The summed E-state index contributed by atoms with van der Waals surface area (Å²) < 4.78 is 6.08. The van der Waals surface area contributed by atoms with Gasteiger partial charge in [-0.15, -0.1) is 0 Å². The summed E-state index contributed by atoms with van der Waals surface area (Å²) >= 11 is 3.28. The first kappa shape index (κ1) is 13.0. The van der Waals surface area contributed by atoms with Crippen LogP contribution in [0.25, 0.3) is 0 Å². The highest BCUT2D eigenvalue weighted by atomic mass is 79.9. The van der Waals surface area contributed by atoms with E-state index >= 15 is 0 Å². The van der Waals surface area contributed by atoms with E-state index in [0.717, 1.165) is 4.47 Å². The molecule has 6 heteroatoms. The van der Waals surface area contributed by atoms with Gasteiger partial charge in [0, 0.05) is 6.54 Å². The number of amides is 1.